The summed E-state index contributed by atoms with van der Waals surface area (Å²) in [7, 11) is 3.37. The fourth-order valence-electron chi connectivity index (χ4n) is 2.85. The van der Waals surface area contributed by atoms with Gasteiger partial charge in [0.1, 0.15) is 11.5 Å². The van der Waals surface area contributed by atoms with Crippen molar-refractivity contribution in [2.75, 3.05) is 14.2 Å². The summed E-state index contributed by atoms with van der Waals surface area (Å²) >= 11 is 0. The fourth-order valence-corrected chi connectivity index (χ4v) is 2.85. The Kier molecular flexibility index (Phi) is 5.34. The number of nitrogens with zero attached hydrogens (tertiary/aromatic N) is 1. The van der Waals surface area contributed by atoms with Crippen molar-refractivity contribution in [2.45, 2.75) is 19.8 Å². The number of pyridine rings is 1. The van der Waals surface area contributed by atoms with Gasteiger partial charge in [-0.1, -0.05) is 30.3 Å². The van der Waals surface area contributed by atoms with Crippen molar-refractivity contribution < 1.29 is 9.47 Å². The molecule has 0 saturated heterocycles. The van der Waals surface area contributed by atoms with E-state index in [1.54, 1.807) is 14.2 Å². The summed E-state index contributed by atoms with van der Waals surface area (Å²) in [5.74, 6) is 1.75. The Morgan fingerprint density at radius 2 is 1.20 bits per heavy atom. The maximum absolute atomic E-state index is 5.23. The van der Waals surface area contributed by atoms with Gasteiger partial charge in [0.15, 0.2) is 0 Å². The second-order valence-corrected chi connectivity index (χ2v) is 6.11. The second-order valence-electron chi connectivity index (χ2n) is 6.11. The third kappa shape index (κ3) is 4.38. The van der Waals surface area contributed by atoms with Crippen molar-refractivity contribution in [1.29, 1.82) is 0 Å². The zero-order valence-electron chi connectivity index (χ0n) is 15.0. The number of aromatic nitrogens is 1. The first-order chi connectivity index (χ1) is 12.2. The molecule has 0 saturated carbocycles. The molecule has 1 aromatic heterocycles. The highest BCUT2D eigenvalue weighted by atomic mass is 16.5. The Morgan fingerprint density at radius 3 is 1.72 bits per heavy atom. The van der Waals surface area contributed by atoms with E-state index in [4.69, 9.17) is 14.5 Å². The minimum atomic E-state index is 0.817. The molecule has 0 fully saturated rings. The molecule has 25 heavy (non-hydrogen) atoms. The summed E-state index contributed by atoms with van der Waals surface area (Å²) in [6.07, 6.45) is 1.68. The van der Waals surface area contributed by atoms with Crippen molar-refractivity contribution in [3.8, 4) is 11.5 Å². The molecule has 0 bridgehead atoms. The van der Waals surface area contributed by atoms with Crippen molar-refractivity contribution in [2.24, 2.45) is 0 Å². The minimum absolute atomic E-state index is 0.817. The van der Waals surface area contributed by atoms with Crippen molar-refractivity contribution in [3.63, 3.8) is 0 Å². The molecule has 1 heterocycles. The summed E-state index contributed by atoms with van der Waals surface area (Å²) in [4.78, 5) is 4.78. The summed E-state index contributed by atoms with van der Waals surface area (Å²) in [6.45, 7) is 2.04. The van der Waals surface area contributed by atoms with Gasteiger partial charge >= 0.3 is 0 Å². The molecule has 0 radical (unpaired) electrons. The summed E-state index contributed by atoms with van der Waals surface area (Å²) in [5, 5.41) is 0. The lowest BCUT2D eigenvalue weighted by atomic mass is 9.99. The van der Waals surface area contributed by atoms with Gasteiger partial charge in [0.05, 0.1) is 14.2 Å². The van der Waals surface area contributed by atoms with E-state index in [9.17, 15) is 0 Å². The van der Waals surface area contributed by atoms with E-state index in [0.717, 1.165) is 35.7 Å². The number of hydrogen-bond donors (Lipinski definition) is 0. The maximum atomic E-state index is 5.23. The van der Waals surface area contributed by atoms with Gasteiger partial charge in [0.2, 0.25) is 0 Å². The lowest BCUT2D eigenvalue weighted by molar-refractivity contribution is 0.414. The van der Waals surface area contributed by atoms with Crippen LogP contribution in [-0.2, 0) is 12.8 Å². The Morgan fingerprint density at radius 1 is 0.680 bits per heavy atom. The fraction of sp³-hybridized carbons (Fsp3) is 0.227. The normalized spacial score (nSPS) is 10.5. The summed E-state index contributed by atoms with van der Waals surface area (Å²) in [5.41, 5.74) is 5.91. The van der Waals surface area contributed by atoms with Crippen molar-refractivity contribution in [3.05, 3.63) is 88.7 Å². The van der Waals surface area contributed by atoms with Gasteiger partial charge in [-0.05, 0) is 60.4 Å². The van der Waals surface area contributed by atoms with Crippen LogP contribution >= 0.6 is 0 Å². The van der Waals surface area contributed by atoms with Gasteiger partial charge in [-0.2, -0.15) is 0 Å². The molecule has 3 aromatic rings. The molecule has 0 amide bonds. The van der Waals surface area contributed by atoms with Crippen molar-refractivity contribution in [1.82, 2.24) is 4.98 Å². The largest absolute Gasteiger partial charge is 0.497 e. The Hall–Kier alpha value is -2.81. The summed E-state index contributed by atoms with van der Waals surface area (Å²) in [6, 6.07) is 20.7. The molecular weight excluding hydrogens is 310 g/mol. The highest BCUT2D eigenvalue weighted by molar-refractivity contribution is 5.36. The predicted molar refractivity (Wildman–Crippen MR) is 101 cm³/mol. The quantitative estimate of drug-likeness (QED) is 0.661. The van der Waals surface area contributed by atoms with E-state index in [1.807, 2.05) is 31.2 Å². The number of aryl methyl sites for hydroxylation is 1. The predicted octanol–water partition coefficient (Wildman–Crippen LogP) is 4.59. The minimum Gasteiger partial charge on any atom is -0.497 e. The number of benzene rings is 2. The van der Waals surface area contributed by atoms with Crippen LogP contribution in [0.5, 0.6) is 11.5 Å². The van der Waals surface area contributed by atoms with Gasteiger partial charge in [0.25, 0.3) is 0 Å². The van der Waals surface area contributed by atoms with E-state index in [2.05, 4.69) is 36.4 Å². The topological polar surface area (TPSA) is 31.4 Å². The lowest BCUT2D eigenvalue weighted by Gasteiger charge is -2.11. The molecule has 2 aromatic carbocycles. The van der Waals surface area contributed by atoms with Crippen LogP contribution < -0.4 is 9.47 Å². The van der Waals surface area contributed by atoms with Gasteiger partial charge in [-0.3, -0.25) is 4.98 Å². The van der Waals surface area contributed by atoms with E-state index >= 15 is 0 Å². The molecule has 0 aliphatic heterocycles. The standard InChI is InChI=1S/C22H23NO2/c1-16-4-9-19(14-17-5-10-20(24-2)11-6-17)22(23-16)15-18-7-12-21(25-3)13-8-18/h4-13H,14-15H2,1-3H3. The van der Waals surface area contributed by atoms with Crippen LogP contribution in [0.25, 0.3) is 0 Å². The first-order valence-electron chi connectivity index (χ1n) is 8.39. The SMILES string of the molecule is COc1ccc(Cc2ccc(C)nc2Cc2ccc(OC)cc2)cc1. The molecule has 128 valence electrons. The van der Waals surface area contributed by atoms with Crippen molar-refractivity contribution >= 4 is 0 Å². The zero-order valence-corrected chi connectivity index (χ0v) is 15.0. The Balaban J connectivity index is 1.83. The van der Waals surface area contributed by atoms with E-state index in [0.29, 0.717) is 0 Å². The molecule has 0 atom stereocenters. The number of methoxy groups -OCH3 is 2. The van der Waals surface area contributed by atoms with Gasteiger partial charge in [-0.15, -0.1) is 0 Å². The number of rotatable bonds is 6. The molecular formula is C22H23NO2. The van der Waals surface area contributed by atoms with Gasteiger partial charge in [-0.25, -0.2) is 0 Å². The molecule has 3 rings (SSSR count). The lowest BCUT2D eigenvalue weighted by Crippen LogP contribution is -2.02. The second kappa shape index (κ2) is 7.84. The third-order valence-corrected chi connectivity index (χ3v) is 4.29. The van der Waals surface area contributed by atoms with Crippen LogP contribution in [0.3, 0.4) is 0 Å². The van der Waals surface area contributed by atoms with Crippen LogP contribution in [0, 0.1) is 6.92 Å². The van der Waals surface area contributed by atoms with Crippen LogP contribution in [0.15, 0.2) is 60.7 Å². The van der Waals surface area contributed by atoms with Crippen LogP contribution in [-0.4, -0.2) is 19.2 Å². The molecule has 0 spiro atoms. The average Bonchev–Trinajstić information content (AvgIpc) is 2.65. The third-order valence-electron chi connectivity index (χ3n) is 4.29. The van der Waals surface area contributed by atoms with Gasteiger partial charge in [0, 0.05) is 17.8 Å². The summed E-state index contributed by atoms with van der Waals surface area (Å²) < 4.78 is 10.5. The highest BCUT2D eigenvalue weighted by Crippen LogP contribution is 2.20. The van der Waals surface area contributed by atoms with E-state index < -0.39 is 0 Å². The first kappa shape index (κ1) is 17.0. The molecule has 3 heteroatoms. The molecule has 3 nitrogen and oxygen atoms in total. The highest BCUT2D eigenvalue weighted by Gasteiger charge is 2.08. The molecule has 0 N–H and O–H groups in total. The monoisotopic (exact) mass is 333 g/mol. The van der Waals surface area contributed by atoms with E-state index in [-0.39, 0.29) is 0 Å². The first-order valence-corrected chi connectivity index (χ1v) is 8.39. The maximum Gasteiger partial charge on any atom is 0.118 e. The molecule has 0 aliphatic carbocycles. The average molecular weight is 333 g/mol. The van der Waals surface area contributed by atoms with Crippen LogP contribution in [0.4, 0.5) is 0 Å². The number of ether oxygens (including phenoxy) is 2. The Bertz CT molecular complexity index is 824. The Labute approximate surface area is 149 Å². The molecule has 0 aliphatic rings. The molecule has 0 unspecified atom stereocenters. The zero-order chi connectivity index (χ0) is 17.6. The van der Waals surface area contributed by atoms with Crippen LogP contribution in [0.1, 0.15) is 28.1 Å². The smallest absolute Gasteiger partial charge is 0.118 e. The van der Waals surface area contributed by atoms with Crippen LogP contribution in [0.2, 0.25) is 0 Å². The van der Waals surface area contributed by atoms with Gasteiger partial charge < -0.3 is 9.47 Å². The number of hydrogen-bond acceptors (Lipinski definition) is 3. The van der Waals surface area contributed by atoms with E-state index in [1.165, 1.54) is 16.7 Å².